The highest BCUT2D eigenvalue weighted by molar-refractivity contribution is 6.08. The van der Waals surface area contributed by atoms with Crippen LogP contribution in [0.15, 0.2) is 30.3 Å². The van der Waals surface area contributed by atoms with Crippen LogP contribution in [0.4, 0.5) is 5.69 Å². The molecule has 2 aromatic rings. The average molecular weight is 306 g/mol. The molecule has 0 unspecified atom stereocenters. The first kappa shape index (κ1) is 13.6. The monoisotopic (exact) mass is 306 g/mol. The third kappa shape index (κ3) is 2.29. The minimum absolute atomic E-state index is 0.222. The normalized spacial score (nSPS) is 14.2. The topological polar surface area (TPSA) is 71.4 Å². The number of rotatable bonds is 2. The van der Waals surface area contributed by atoms with E-state index >= 15 is 0 Å². The van der Waals surface area contributed by atoms with Gasteiger partial charge < -0.3 is 14.8 Å². The third-order valence-corrected chi connectivity index (χ3v) is 4.13. The van der Waals surface area contributed by atoms with E-state index in [1.807, 2.05) is 6.07 Å². The van der Waals surface area contributed by atoms with Crippen molar-refractivity contribution in [3.63, 3.8) is 0 Å². The van der Waals surface area contributed by atoms with Gasteiger partial charge in [0.25, 0.3) is 5.91 Å². The number of hydrogen-bond donors (Lipinski definition) is 1. The van der Waals surface area contributed by atoms with Gasteiger partial charge in [0.1, 0.15) is 11.5 Å². The summed E-state index contributed by atoms with van der Waals surface area (Å²) in [6.07, 6.45) is 1.49. The van der Waals surface area contributed by atoms with Crippen LogP contribution in [0.3, 0.4) is 0 Å². The molecule has 0 radical (unpaired) electrons. The second-order valence-electron chi connectivity index (χ2n) is 5.56. The molecule has 2 heterocycles. The molecule has 0 fully saturated rings. The Morgan fingerprint density at radius 2 is 2.04 bits per heavy atom. The largest absolute Gasteiger partial charge is 0.493 e. The summed E-state index contributed by atoms with van der Waals surface area (Å²) in [5.74, 6) is 1.23. The molecule has 2 aliphatic heterocycles. The molecular formula is C18H14N2O3. The Bertz CT molecular complexity index is 820. The van der Waals surface area contributed by atoms with Crippen molar-refractivity contribution in [1.29, 1.82) is 5.26 Å². The van der Waals surface area contributed by atoms with Crippen molar-refractivity contribution < 1.29 is 14.3 Å². The van der Waals surface area contributed by atoms with Gasteiger partial charge in [0.05, 0.1) is 30.4 Å². The zero-order valence-electron chi connectivity index (χ0n) is 12.4. The van der Waals surface area contributed by atoms with Crippen LogP contribution in [0.5, 0.6) is 11.5 Å². The molecule has 1 amide bonds. The van der Waals surface area contributed by atoms with Crippen molar-refractivity contribution in [2.45, 2.75) is 12.8 Å². The number of nitriles is 1. The van der Waals surface area contributed by atoms with Gasteiger partial charge in [-0.1, -0.05) is 6.07 Å². The minimum atomic E-state index is -0.222. The fourth-order valence-electron chi connectivity index (χ4n) is 3.09. The first-order chi connectivity index (χ1) is 11.3. The molecule has 5 heteroatoms. The second-order valence-corrected chi connectivity index (χ2v) is 5.56. The Morgan fingerprint density at radius 3 is 2.91 bits per heavy atom. The van der Waals surface area contributed by atoms with Crippen LogP contribution in [0, 0.1) is 11.3 Å². The standard InChI is InChI=1S/C18H14N2O3/c19-10-11-2-1-3-13(8-11)20-18(21)16-14-5-7-22-15(14)9-12-4-6-23-17(12)16/h1-3,8-9H,4-7H2,(H,20,21). The molecule has 0 saturated carbocycles. The molecule has 114 valence electrons. The van der Waals surface area contributed by atoms with E-state index in [4.69, 9.17) is 14.7 Å². The summed E-state index contributed by atoms with van der Waals surface area (Å²) in [5.41, 5.74) is 3.58. The smallest absolute Gasteiger partial charge is 0.259 e. The van der Waals surface area contributed by atoms with Crippen LogP contribution in [0.1, 0.15) is 27.0 Å². The van der Waals surface area contributed by atoms with E-state index in [1.165, 1.54) is 0 Å². The predicted molar refractivity (Wildman–Crippen MR) is 84.0 cm³/mol. The predicted octanol–water partition coefficient (Wildman–Crippen LogP) is 2.68. The first-order valence-electron chi connectivity index (χ1n) is 7.52. The van der Waals surface area contributed by atoms with Crippen LogP contribution in [-0.4, -0.2) is 19.1 Å². The number of amides is 1. The van der Waals surface area contributed by atoms with Gasteiger partial charge in [-0.2, -0.15) is 5.26 Å². The third-order valence-electron chi connectivity index (χ3n) is 4.13. The van der Waals surface area contributed by atoms with Crippen LogP contribution in [-0.2, 0) is 12.8 Å². The van der Waals surface area contributed by atoms with E-state index in [9.17, 15) is 4.79 Å². The lowest BCUT2D eigenvalue weighted by molar-refractivity contribution is 0.102. The highest BCUT2D eigenvalue weighted by Gasteiger charge is 2.30. The summed E-state index contributed by atoms with van der Waals surface area (Å²) in [6, 6.07) is 10.9. The highest BCUT2D eigenvalue weighted by atomic mass is 16.5. The Kier molecular flexibility index (Phi) is 3.16. The molecule has 2 aliphatic rings. The maximum Gasteiger partial charge on any atom is 0.259 e. The number of nitrogens with zero attached hydrogens (tertiary/aromatic N) is 1. The number of hydrogen-bond acceptors (Lipinski definition) is 4. The quantitative estimate of drug-likeness (QED) is 0.926. The van der Waals surface area contributed by atoms with E-state index in [-0.39, 0.29) is 5.91 Å². The minimum Gasteiger partial charge on any atom is -0.493 e. The van der Waals surface area contributed by atoms with Gasteiger partial charge in [0.2, 0.25) is 0 Å². The zero-order valence-corrected chi connectivity index (χ0v) is 12.4. The van der Waals surface area contributed by atoms with Crippen LogP contribution in [0.25, 0.3) is 0 Å². The Balaban J connectivity index is 1.73. The lowest BCUT2D eigenvalue weighted by atomic mass is 9.99. The Hall–Kier alpha value is -3.00. The fraction of sp³-hybridized carbons (Fsp3) is 0.222. The molecule has 0 bridgehead atoms. The van der Waals surface area contributed by atoms with E-state index in [2.05, 4.69) is 11.4 Å². The van der Waals surface area contributed by atoms with E-state index in [0.717, 1.165) is 23.3 Å². The molecule has 0 aromatic heterocycles. The summed E-state index contributed by atoms with van der Waals surface area (Å²) in [5, 5.41) is 11.8. The molecule has 4 rings (SSSR count). The Morgan fingerprint density at radius 1 is 1.17 bits per heavy atom. The average Bonchev–Trinajstić information content (AvgIpc) is 3.20. The van der Waals surface area contributed by atoms with Gasteiger partial charge in [-0.05, 0) is 24.3 Å². The van der Waals surface area contributed by atoms with Crippen LogP contribution >= 0.6 is 0 Å². The van der Waals surface area contributed by atoms with Crippen molar-refractivity contribution in [2.24, 2.45) is 0 Å². The number of benzene rings is 2. The number of carbonyl (C=O) groups is 1. The van der Waals surface area contributed by atoms with Gasteiger partial charge in [-0.25, -0.2) is 0 Å². The highest BCUT2D eigenvalue weighted by Crippen LogP contribution is 2.40. The maximum absolute atomic E-state index is 12.8. The number of anilines is 1. The van der Waals surface area contributed by atoms with Crippen molar-refractivity contribution in [1.82, 2.24) is 0 Å². The first-order valence-corrected chi connectivity index (χ1v) is 7.52. The lowest BCUT2D eigenvalue weighted by Gasteiger charge is -2.13. The molecule has 0 spiro atoms. The maximum atomic E-state index is 12.8. The van der Waals surface area contributed by atoms with Crippen LogP contribution in [0.2, 0.25) is 0 Å². The summed E-state index contributed by atoms with van der Waals surface area (Å²) < 4.78 is 11.3. The second kappa shape index (κ2) is 5.33. The molecule has 0 atom stereocenters. The van der Waals surface area contributed by atoms with Crippen molar-refractivity contribution >= 4 is 11.6 Å². The number of carbonyl (C=O) groups excluding carboxylic acids is 1. The summed E-state index contributed by atoms with van der Waals surface area (Å²) in [6.45, 7) is 1.17. The number of nitrogens with one attached hydrogen (secondary N) is 1. The van der Waals surface area contributed by atoms with Gasteiger partial charge in [0, 0.05) is 29.7 Å². The van der Waals surface area contributed by atoms with Crippen molar-refractivity contribution in [3.8, 4) is 17.6 Å². The van der Waals surface area contributed by atoms with Gasteiger partial charge in [0.15, 0.2) is 0 Å². The van der Waals surface area contributed by atoms with Gasteiger partial charge in [-0.15, -0.1) is 0 Å². The molecular weight excluding hydrogens is 292 g/mol. The fourth-order valence-corrected chi connectivity index (χ4v) is 3.09. The molecule has 0 saturated heterocycles. The molecule has 1 N–H and O–H groups in total. The molecule has 0 aliphatic carbocycles. The van der Waals surface area contributed by atoms with Gasteiger partial charge in [-0.3, -0.25) is 4.79 Å². The Labute approximate surface area is 133 Å². The van der Waals surface area contributed by atoms with Crippen molar-refractivity contribution in [3.05, 3.63) is 52.6 Å². The molecule has 5 nitrogen and oxygen atoms in total. The van der Waals surface area contributed by atoms with Crippen molar-refractivity contribution in [2.75, 3.05) is 18.5 Å². The number of fused-ring (bicyclic) bond motifs is 2. The van der Waals surface area contributed by atoms with Crippen LogP contribution < -0.4 is 14.8 Å². The summed E-state index contributed by atoms with van der Waals surface area (Å²) >= 11 is 0. The van der Waals surface area contributed by atoms with Gasteiger partial charge >= 0.3 is 0 Å². The van der Waals surface area contributed by atoms with E-state index in [0.29, 0.717) is 42.2 Å². The SMILES string of the molecule is N#Cc1cccc(NC(=O)c2c3c(cc4c2OCC4)OCC3)c1. The summed E-state index contributed by atoms with van der Waals surface area (Å²) in [4.78, 5) is 12.8. The summed E-state index contributed by atoms with van der Waals surface area (Å²) in [7, 11) is 0. The molecule has 23 heavy (non-hydrogen) atoms. The zero-order chi connectivity index (χ0) is 15.8. The molecule has 2 aromatic carbocycles. The number of ether oxygens (including phenoxy) is 2. The van der Waals surface area contributed by atoms with E-state index in [1.54, 1.807) is 24.3 Å². The lowest BCUT2D eigenvalue weighted by Crippen LogP contribution is -2.15. The van der Waals surface area contributed by atoms with E-state index < -0.39 is 0 Å².